The van der Waals surface area contributed by atoms with Crippen LogP contribution in [0.5, 0.6) is 0 Å². The van der Waals surface area contributed by atoms with Crippen LogP contribution in [0.25, 0.3) is 0 Å². The second-order valence-electron chi connectivity index (χ2n) is 19.1. The van der Waals surface area contributed by atoms with E-state index in [9.17, 15) is 14.4 Å². The molecule has 0 rings (SSSR count). The molecule has 69 heavy (non-hydrogen) atoms. The summed E-state index contributed by atoms with van der Waals surface area (Å²) >= 11 is 0. The second-order valence-corrected chi connectivity index (χ2v) is 19.1. The van der Waals surface area contributed by atoms with Crippen molar-refractivity contribution in [1.29, 1.82) is 0 Å². The van der Waals surface area contributed by atoms with Crippen molar-refractivity contribution in [3.8, 4) is 0 Å². The van der Waals surface area contributed by atoms with Crippen molar-refractivity contribution in [3.05, 3.63) is 0 Å². The maximum absolute atomic E-state index is 14.2. The Bertz CT molecular complexity index is 1100. The fraction of sp³-hybridized carbons (Fsp3) is 0.947. The van der Waals surface area contributed by atoms with E-state index in [0.29, 0.717) is 92.4 Å². The number of carbonyl (C=O) groups is 3. The Morgan fingerprint density at radius 1 is 0.348 bits per heavy atom. The van der Waals surface area contributed by atoms with E-state index in [4.69, 9.17) is 37.9 Å². The summed E-state index contributed by atoms with van der Waals surface area (Å²) in [6, 6.07) is 0. The maximum Gasteiger partial charge on any atom is 0.308 e. The van der Waals surface area contributed by atoms with Gasteiger partial charge in [0.1, 0.15) is 0 Å². The highest BCUT2D eigenvalue weighted by molar-refractivity contribution is 5.81. The predicted molar refractivity (Wildman–Crippen MR) is 282 cm³/mol. The first-order valence-corrected chi connectivity index (χ1v) is 29.0. The number of esters is 2. The molecule has 1 amide bonds. The summed E-state index contributed by atoms with van der Waals surface area (Å²) in [5, 5.41) is 0. The van der Waals surface area contributed by atoms with Gasteiger partial charge in [0, 0.05) is 32.9 Å². The van der Waals surface area contributed by atoms with Gasteiger partial charge in [0.15, 0.2) is 6.10 Å². The van der Waals surface area contributed by atoms with Crippen molar-refractivity contribution in [2.45, 2.75) is 240 Å². The molecule has 0 aliphatic rings. The molecule has 0 heterocycles. The molecular weight excluding hydrogens is 875 g/mol. The molecule has 0 radical (unpaired) electrons. The van der Waals surface area contributed by atoms with Gasteiger partial charge in [0.05, 0.1) is 77.9 Å². The third-order valence-electron chi connectivity index (χ3n) is 12.8. The van der Waals surface area contributed by atoms with Gasteiger partial charge in [-0.2, -0.15) is 0 Å². The lowest BCUT2D eigenvalue weighted by Crippen LogP contribution is -2.45. The molecule has 0 aromatic carbocycles. The lowest BCUT2D eigenvalue weighted by molar-refractivity contribution is -0.150. The van der Waals surface area contributed by atoms with E-state index in [1.165, 1.54) is 64.2 Å². The lowest BCUT2D eigenvalue weighted by atomic mass is 9.95. The first-order valence-electron chi connectivity index (χ1n) is 29.0. The van der Waals surface area contributed by atoms with Crippen molar-refractivity contribution in [2.75, 3.05) is 99.0 Å². The molecule has 3 unspecified atom stereocenters. The summed E-state index contributed by atoms with van der Waals surface area (Å²) < 4.78 is 46.4. The van der Waals surface area contributed by atoms with Gasteiger partial charge in [-0.05, 0) is 77.6 Å². The van der Waals surface area contributed by atoms with Crippen LogP contribution in [-0.2, 0) is 52.3 Å². The molecule has 410 valence electrons. The van der Waals surface area contributed by atoms with Crippen molar-refractivity contribution in [3.63, 3.8) is 0 Å². The minimum absolute atomic E-state index is 0.0174. The molecule has 12 nitrogen and oxygen atoms in total. The van der Waals surface area contributed by atoms with Crippen LogP contribution in [0.3, 0.4) is 0 Å². The number of carbonyl (C=O) groups excluding carboxylic acids is 3. The molecular formula is C57H111NO11. The van der Waals surface area contributed by atoms with Gasteiger partial charge in [0.25, 0.3) is 5.91 Å². The van der Waals surface area contributed by atoms with Crippen LogP contribution in [0.4, 0.5) is 0 Å². The van der Waals surface area contributed by atoms with E-state index >= 15 is 0 Å². The summed E-state index contributed by atoms with van der Waals surface area (Å²) in [5.74, 6) is -0.0331. The van der Waals surface area contributed by atoms with E-state index in [-0.39, 0.29) is 36.3 Å². The average molecular weight is 987 g/mol. The average Bonchev–Trinajstić information content (AvgIpc) is 3.35. The lowest BCUT2D eigenvalue weighted by Gasteiger charge is -2.28. The first kappa shape index (κ1) is 67.2. The Kier molecular flexibility index (Phi) is 52.5. The van der Waals surface area contributed by atoms with Gasteiger partial charge in [-0.25, -0.2) is 0 Å². The van der Waals surface area contributed by atoms with Crippen LogP contribution in [0.15, 0.2) is 0 Å². The second kappa shape index (κ2) is 54.0. The zero-order valence-corrected chi connectivity index (χ0v) is 46.0. The molecule has 0 bridgehead atoms. The van der Waals surface area contributed by atoms with Crippen LogP contribution in [-0.4, -0.2) is 128 Å². The zero-order chi connectivity index (χ0) is 50.5. The topological polar surface area (TPSA) is 128 Å². The van der Waals surface area contributed by atoms with Crippen LogP contribution in [0.1, 0.15) is 234 Å². The standard InChI is InChI=1S/C57H111NO11/c1-7-13-18-21-22-29-38-58(39-44-63-47-48-65-50-49-64-46-45-62-12-6)55(59)54(67-41-31-25-26-33-43-69-57(61)53(35-17-11-5)37-28-20-15-9-3)51-66-40-30-23-24-32-42-68-56(60)52(34-16-10-4)36-27-19-14-8-2/h52-54H,7-51H2,1-6H3. The maximum atomic E-state index is 14.2. The molecule has 0 aromatic heterocycles. The molecule has 0 spiro atoms. The number of amides is 1. The van der Waals surface area contributed by atoms with Crippen LogP contribution >= 0.6 is 0 Å². The summed E-state index contributed by atoms with van der Waals surface area (Å²) in [7, 11) is 0. The van der Waals surface area contributed by atoms with Gasteiger partial charge in [-0.3, -0.25) is 14.4 Å². The molecule has 0 aliphatic heterocycles. The number of unbranched alkanes of at least 4 members (excludes halogenated alkanes) is 19. The zero-order valence-electron chi connectivity index (χ0n) is 46.0. The number of hydrogen-bond acceptors (Lipinski definition) is 11. The van der Waals surface area contributed by atoms with Crippen molar-refractivity contribution in [2.24, 2.45) is 11.8 Å². The SMILES string of the molecule is CCCCCCCCN(CCOCCOCCOCCOCC)C(=O)C(COCCCCCCOC(=O)C(CCCC)CCCCCC)OCCCCCCOC(=O)C(CCCC)CCCCCC. The summed E-state index contributed by atoms with van der Waals surface area (Å²) in [4.78, 5) is 41.9. The van der Waals surface area contributed by atoms with E-state index < -0.39 is 6.10 Å². The van der Waals surface area contributed by atoms with E-state index in [0.717, 1.165) is 128 Å². The Morgan fingerprint density at radius 2 is 0.739 bits per heavy atom. The Labute approximate surface area is 424 Å². The van der Waals surface area contributed by atoms with E-state index in [1.807, 2.05) is 11.8 Å². The van der Waals surface area contributed by atoms with Crippen LogP contribution in [0, 0.1) is 11.8 Å². The van der Waals surface area contributed by atoms with Crippen molar-refractivity contribution in [1.82, 2.24) is 4.90 Å². The third kappa shape index (κ3) is 43.5. The van der Waals surface area contributed by atoms with E-state index in [1.54, 1.807) is 0 Å². The van der Waals surface area contributed by atoms with Gasteiger partial charge in [0.2, 0.25) is 0 Å². The third-order valence-corrected chi connectivity index (χ3v) is 12.8. The van der Waals surface area contributed by atoms with Crippen molar-refractivity contribution >= 4 is 17.8 Å². The summed E-state index contributed by atoms with van der Waals surface area (Å²) in [5.41, 5.74) is 0. The highest BCUT2D eigenvalue weighted by atomic mass is 16.6. The number of ether oxygens (including phenoxy) is 8. The Balaban J connectivity index is 5.22. The fourth-order valence-corrected chi connectivity index (χ4v) is 8.30. The quantitative estimate of drug-likeness (QED) is 0.0427. The van der Waals surface area contributed by atoms with Gasteiger partial charge >= 0.3 is 11.9 Å². The Morgan fingerprint density at radius 3 is 1.23 bits per heavy atom. The van der Waals surface area contributed by atoms with E-state index in [2.05, 4.69) is 34.6 Å². The molecule has 3 atom stereocenters. The summed E-state index contributed by atoms with van der Waals surface area (Å²) in [6.07, 6.45) is 30.7. The predicted octanol–water partition coefficient (Wildman–Crippen LogP) is 13.4. The van der Waals surface area contributed by atoms with Gasteiger partial charge < -0.3 is 42.8 Å². The van der Waals surface area contributed by atoms with Crippen LogP contribution < -0.4 is 0 Å². The molecule has 0 saturated carbocycles. The fourth-order valence-electron chi connectivity index (χ4n) is 8.30. The van der Waals surface area contributed by atoms with Gasteiger partial charge in [-0.1, -0.05) is 157 Å². The smallest absolute Gasteiger partial charge is 0.308 e. The minimum Gasteiger partial charge on any atom is -0.465 e. The normalized spacial score (nSPS) is 12.8. The number of nitrogens with zero attached hydrogens (tertiary/aromatic N) is 1. The number of rotatable bonds is 56. The molecule has 0 aliphatic carbocycles. The molecule has 0 N–H and O–H groups in total. The summed E-state index contributed by atoms with van der Waals surface area (Å²) in [6.45, 7) is 20.4. The highest BCUT2D eigenvalue weighted by Crippen LogP contribution is 2.21. The van der Waals surface area contributed by atoms with Crippen molar-refractivity contribution < 1.29 is 52.3 Å². The Hall–Kier alpha value is -1.83. The highest BCUT2D eigenvalue weighted by Gasteiger charge is 2.26. The molecule has 0 saturated heterocycles. The minimum atomic E-state index is -0.698. The first-order chi connectivity index (χ1) is 33.9. The molecule has 12 heteroatoms. The van der Waals surface area contributed by atoms with Crippen LogP contribution in [0.2, 0.25) is 0 Å². The number of hydrogen-bond donors (Lipinski definition) is 0. The largest absolute Gasteiger partial charge is 0.465 e. The van der Waals surface area contributed by atoms with Gasteiger partial charge in [-0.15, -0.1) is 0 Å². The molecule has 0 aromatic rings. The molecule has 0 fully saturated rings. The monoisotopic (exact) mass is 986 g/mol.